The quantitative estimate of drug-likeness (QED) is 0.598. The third-order valence-electron chi connectivity index (χ3n) is 2.58. The van der Waals surface area contributed by atoms with Crippen LogP contribution in [0, 0.1) is 10.1 Å². The lowest BCUT2D eigenvalue weighted by atomic mass is 10.2. The highest BCUT2D eigenvalue weighted by atomic mass is 79.9. The van der Waals surface area contributed by atoms with Gasteiger partial charge in [-0.1, -0.05) is 23.2 Å². The van der Waals surface area contributed by atoms with Crippen LogP contribution in [-0.4, -0.2) is 10.8 Å². The Kier molecular flexibility index (Phi) is 4.82. The van der Waals surface area contributed by atoms with E-state index in [9.17, 15) is 14.9 Å². The van der Waals surface area contributed by atoms with Crippen molar-refractivity contribution in [1.29, 1.82) is 0 Å². The topological polar surface area (TPSA) is 72.2 Å². The summed E-state index contributed by atoms with van der Waals surface area (Å²) in [6.45, 7) is 0. The van der Waals surface area contributed by atoms with E-state index in [1.807, 2.05) is 0 Å². The van der Waals surface area contributed by atoms with Crippen LogP contribution in [-0.2, 0) is 0 Å². The van der Waals surface area contributed by atoms with E-state index in [2.05, 4.69) is 21.2 Å². The SMILES string of the molecule is O=C(Nc1cc(Cl)ccc1Br)c1ccc(Cl)c([N+](=O)[O-])c1. The second-order valence-corrected chi connectivity index (χ2v) is 5.70. The molecule has 0 spiro atoms. The van der Waals surface area contributed by atoms with Crippen molar-refractivity contribution in [2.75, 3.05) is 5.32 Å². The molecular formula is C13H7BrCl2N2O3. The Morgan fingerprint density at radius 2 is 1.90 bits per heavy atom. The molecule has 2 rings (SSSR count). The number of hydrogen-bond acceptors (Lipinski definition) is 3. The summed E-state index contributed by atoms with van der Waals surface area (Å²) in [5.74, 6) is -0.502. The van der Waals surface area contributed by atoms with Crippen molar-refractivity contribution in [1.82, 2.24) is 0 Å². The van der Waals surface area contributed by atoms with E-state index >= 15 is 0 Å². The number of rotatable bonds is 3. The van der Waals surface area contributed by atoms with Gasteiger partial charge in [0, 0.05) is 21.1 Å². The molecule has 0 fully saturated rings. The Bertz CT molecular complexity index is 737. The molecule has 2 aromatic carbocycles. The average molecular weight is 390 g/mol. The third-order valence-corrected chi connectivity index (χ3v) is 3.83. The molecule has 2 aromatic rings. The maximum absolute atomic E-state index is 12.1. The molecule has 108 valence electrons. The van der Waals surface area contributed by atoms with Gasteiger partial charge in [-0.25, -0.2) is 0 Å². The Morgan fingerprint density at radius 1 is 1.19 bits per heavy atom. The van der Waals surface area contributed by atoms with Crippen molar-refractivity contribution in [3.8, 4) is 0 Å². The molecule has 0 aliphatic heterocycles. The summed E-state index contributed by atoms with van der Waals surface area (Å²) in [6.07, 6.45) is 0. The molecule has 0 saturated carbocycles. The molecule has 5 nitrogen and oxygen atoms in total. The van der Waals surface area contributed by atoms with Crippen molar-refractivity contribution < 1.29 is 9.72 Å². The molecule has 0 bridgehead atoms. The predicted molar refractivity (Wildman–Crippen MR) is 85.2 cm³/mol. The molecule has 0 radical (unpaired) electrons. The number of halogens is 3. The van der Waals surface area contributed by atoms with Crippen LogP contribution in [0.4, 0.5) is 11.4 Å². The van der Waals surface area contributed by atoms with Crippen LogP contribution >= 0.6 is 39.1 Å². The van der Waals surface area contributed by atoms with E-state index < -0.39 is 10.8 Å². The van der Waals surface area contributed by atoms with Gasteiger partial charge in [-0.3, -0.25) is 14.9 Å². The van der Waals surface area contributed by atoms with Gasteiger partial charge in [-0.2, -0.15) is 0 Å². The molecule has 0 aliphatic carbocycles. The zero-order valence-corrected chi connectivity index (χ0v) is 13.4. The Labute approximate surface area is 138 Å². The van der Waals surface area contributed by atoms with E-state index in [-0.39, 0.29) is 16.3 Å². The van der Waals surface area contributed by atoms with Gasteiger partial charge < -0.3 is 5.32 Å². The van der Waals surface area contributed by atoms with Crippen LogP contribution in [0.1, 0.15) is 10.4 Å². The molecule has 1 N–H and O–H groups in total. The van der Waals surface area contributed by atoms with Gasteiger partial charge >= 0.3 is 0 Å². The maximum atomic E-state index is 12.1. The first-order valence-electron chi connectivity index (χ1n) is 5.59. The minimum Gasteiger partial charge on any atom is -0.321 e. The number of nitro benzene ring substituents is 1. The lowest BCUT2D eigenvalue weighted by molar-refractivity contribution is -0.384. The highest BCUT2D eigenvalue weighted by Crippen LogP contribution is 2.28. The van der Waals surface area contributed by atoms with Gasteiger partial charge in [-0.15, -0.1) is 0 Å². The molecule has 8 heteroatoms. The van der Waals surface area contributed by atoms with Gasteiger partial charge in [0.2, 0.25) is 0 Å². The molecule has 0 heterocycles. The van der Waals surface area contributed by atoms with Crippen LogP contribution in [0.15, 0.2) is 40.9 Å². The smallest absolute Gasteiger partial charge is 0.288 e. The van der Waals surface area contributed by atoms with Gasteiger partial charge in [0.25, 0.3) is 11.6 Å². The molecular weight excluding hydrogens is 383 g/mol. The highest BCUT2D eigenvalue weighted by Gasteiger charge is 2.17. The number of nitrogens with one attached hydrogen (secondary N) is 1. The Balaban J connectivity index is 2.30. The minimum absolute atomic E-state index is 0.0273. The number of nitro groups is 1. The molecule has 0 saturated heterocycles. The van der Waals surface area contributed by atoms with Crippen LogP contribution in [0.5, 0.6) is 0 Å². The standard InChI is InChI=1S/C13H7BrCl2N2O3/c14-9-3-2-8(15)6-11(9)17-13(19)7-1-4-10(16)12(5-7)18(20)21/h1-6H,(H,17,19). The Hall–Kier alpha value is -1.63. The van der Waals surface area contributed by atoms with Crippen molar-refractivity contribution in [3.05, 3.63) is 66.6 Å². The number of anilines is 1. The second kappa shape index (κ2) is 6.43. The van der Waals surface area contributed by atoms with Gasteiger partial charge in [0.15, 0.2) is 0 Å². The maximum Gasteiger partial charge on any atom is 0.288 e. The molecule has 0 aromatic heterocycles. The van der Waals surface area contributed by atoms with Crippen LogP contribution < -0.4 is 5.32 Å². The summed E-state index contributed by atoms with van der Waals surface area (Å²) < 4.78 is 0.642. The molecule has 1 amide bonds. The molecule has 0 unspecified atom stereocenters. The number of benzene rings is 2. The number of amides is 1. The largest absolute Gasteiger partial charge is 0.321 e. The van der Waals surface area contributed by atoms with Crippen LogP contribution in [0.25, 0.3) is 0 Å². The summed E-state index contributed by atoms with van der Waals surface area (Å²) in [4.78, 5) is 22.3. The van der Waals surface area contributed by atoms with Crippen molar-refractivity contribution in [3.63, 3.8) is 0 Å². The number of hydrogen-bond donors (Lipinski definition) is 1. The first-order valence-corrected chi connectivity index (χ1v) is 7.13. The van der Waals surface area contributed by atoms with E-state index in [1.54, 1.807) is 18.2 Å². The van der Waals surface area contributed by atoms with E-state index in [1.165, 1.54) is 12.1 Å². The van der Waals surface area contributed by atoms with E-state index in [0.717, 1.165) is 6.07 Å². The Morgan fingerprint density at radius 3 is 2.57 bits per heavy atom. The lowest BCUT2D eigenvalue weighted by Gasteiger charge is -2.08. The fourth-order valence-corrected chi connectivity index (χ4v) is 2.29. The summed E-state index contributed by atoms with van der Waals surface area (Å²) in [5, 5.41) is 13.9. The van der Waals surface area contributed by atoms with Crippen LogP contribution in [0.2, 0.25) is 10.0 Å². The van der Waals surface area contributed by atoms with Crippen molar-refractivity contribution >= 4 is 56.4 Å². The number of carbonyl (C=O) groups excluding carboxylic acids is 1. The molecule has 0 atom stereocenters. The summed E-state index contributed by atoms with van der Waals surface area (Å²) >= 11 is 14.8. The van der Waals surface area contributed by atoms with Crippen molar-refractivity contribution in [2.24, 2.45) is 0 Å². The zero-order valence-electron chi connectivity index (χ0n) is 10.3. The first kappa shape index (κ1) is 15.8. The average Bonchev–Trinajstić information content (AvgIpc) is 2.43. The highest BCUT2D eigenvalue weighted by molar-refractivity contribution is 9.10. The van der Waals surface area contributed by atoms with Gasteiger partial charge in [-0.05, 0) is 46.3 Å². The first-order chi connectivity index (χ1) is 9.88. The lowest BCUT2D eigenvalue weighted by Crippen LogP contribution is -2.12. The monoisotopic (exact) mass is 388 g/mol. The third kappa shape index (κ3) is 3.72. The number of nitrogens with zero attached hydrogens (tertiary/aromatic N) is 1. The fraction of sp³-hybridized carbons (Fsp3) is 0. The molecule has 0 aliphatic rings. The zero-order chi connectivity index (χ0) is 15.6. The van der Waals surface area contributed by atoms with Crippen LogP contribution in [0.3, 0.4) is 0 Å². The van der Waals surface area contributed by atoms with Gasteiger partial charge in [0.05, 0.1) is 10.6 Å². The molecule has 21 heavy (non-hydrogen) atoms. The summed E-state index contributed by atoms with van der Waals surface area (Å²) in [5.41, 5.74) is 0.262. The second-order valence-electron chi connectivity index (χ2n) is 4.00. The number of carbonyl (C=O) groups is 1. The fourth-order valence-electron chi connectivity index (χ4n) is 1.58. The van der Waals surface area contributed by atoms with Gasteiger partial charge in [0.1, 0.15) is 5.02 Å². The predicted octanol–water partition coefficient (Wildman–Crippen LogP) is 4.92. The summed E-state index contributed by atoms with van der Waals surface area (Å²) in [7, 11) is 0. The minimum atomic E-state index is -0.644. The van der Waals surface area contributed by atoms with E-state index in [0.29, 0.717) is 15.2 Å². The van der Waals surface area contributed by atoms with E-state index in [4.69, 9.17) is 23.2 Å². The van der Waals surface area contributed by atoms with Crippen molar-refractivity contribution in [2.45, 2.75) is 0 Å². The summed E-state index contributed by atoms with van der Waals surface area (Å²) in [6, 6.07) is 8.74. The normalized spacial score (nSPS) is 10.2.